The van der Waals surface area contributed by atoms with Crippen molar-refractivity contribution in [1.82, 2.24) is 10.2 Å². The Morgan fingerprint density at radius 1 is 1.13 bits per heavy atom. The first-order valence-electron chi connectivity index (χ1n) is 9.87. The summed E-state index contributed by atoms with van der Waals surface area (Å²) in [5.74, 6) is 1.79. The van der Waals surface area contributed by atoms with Crippen molar-refractivity contribution in [2.75, 3.05) is 12.4 Å². The molecule has 0 atom stereocenters. The molecular weight excluding hydrogens is 418 g/mol. The number of nitrogens with zero attached hydrogens (tertiary/aromatic N) is 2. The maximum absolute atomic E-state index is 12.7. The van der Waals surface area contributed by atoms with E-state index in [0.717, 1.165) is 22.9 Å². The Morgan fingerprint density at radius 3 is 2.70 bits per heavy atom. The van der Waals surface area contributed by atoms with Crippen molar-refractivity contribution in [2.45, 2.75) is 41.9 Å². The predicted molar refractivity (Wildman–Crippen MR) is 120 cm³/mol. The Morgan fingerprint density at radius 2 is 1.93 bits per heavy atom. The number of rotatable bonds is 8. The van der Waals surface area contributed by atoms with Gasteiger partial charge in [-0.25, -0.2) is 0 Å². The van der Waals surface area contributed by atoms with Crippen LogP contribution in [0.1, 0.15) is 41.6 Å². The molecule has 30 heavy (non-hydrogen) atoms. The molecule has 1 aliphatic carbocycles. The summed E-state index contributed by atoms with van der Waals surface area (Å²) in [6, 6.07) is 15.4. The number of aromatic nitrogens is 2. The van der Waals surface area contributed by atoms with Gasteiger partial charge in [-0.3, -0.25) is 10.1 Å². The SMILES string of the molecule is COc1cc(C(=O)Nc2nnc(SCc3ccccc3)s2)ccc1OC1CCCC1. The van der Waals surface area contributed by atoms with Gasteiger partial charge in [0.15, 0.2) is 15.8 Å². The van der Waals surface area contributed by atoms with Crippen LogP contribution in [-0.2, 0) is 5.75 Å². The molecule has 1 amide bonds. The van der Waals surface area contributed by atoms with E-state index in [9.17, 15) is 4.79 Å². The fourth-order valence-corrected chi connectivity index (χ4v) is 5.00. The number of ether oxygens (including phenoxy) is 2. The zero-order valence-electron chi connectivity index (χ0n) is 16.7. The number of methoxy groups -OCH3 is 1. The number of amides is 1. The van der Waals surface area contributed by atoms with E-state index in [0.29, 0.717) is 22.2 Å². The van der Waals surface area contributed by atoms with Crippen LogP contribution in [0.25, 0.3) is 0 Å². The molecule has 1 saturated carbocycles. The van der Waals surface area contributed by atoms with Gasteiger partial charge in [0.05, 0.1) is 13.2 Å². The largest absolute Gasteiger partial charge is 0.493 e. The van der Waals surface area contributed by atoms with Crippen molar-refractivity contribution >= 4 is 34.1 Å². The van der Waals surface area contributed by atoms with Crippen molar-refractivity contribution in [2.24, 2.45) is 0 Å². The van der Waals surface area contributed by atoms with Crippen LogP contribution in [0.5, 0.6) is 11.5 Å². The van der Waals surface area contributed by atoms with Gasteiger partial charge in [0.1, 0.15) is 0 Å². The van der Waals surface area contributed by atoms with E-state index in [1.165, 1.54) is 29.7 Å². The van der Waals surface area contributed by atoms with Crippen molar-refractivity contribution in [3.8, 4) is 11.5 Å². The summed E-state index contributed by atoms with van der Waals surface area (Å²) in [5.41, 5.74) is 1.70. The molecule has 6 nitrogen and oxygen atoms in total. The molecule has 0 unspecified atom stereocenters. The second kappa shape index (κ2) is 9.95. The van der Waals surface area contributed by atoms with Crippen LogP contribution < -0.4 is 14.8 Å². The highest BCUT2D eigenvalue weighted by Gasteiger charge is 2.19. The summed E-state index contributed by atoms with van der Waals surface area (Å²) in [4.78, 5) is 12.7. The van der Waals surface area contributed by atoms with Crippen molar-refractivity contribution in [3.63, 3.8) is 0 Å². The first-order valence-corrected chi connectivity index (χ1v) is 11.7. The lowest BCUT2D eigenvalue weighted by molar-refractivity contribution is 0.102. The third-order valence-electron chi connectivity index (χ3n) is 4.85. The second-order valence-electron chi connectivity index (χ2n) is 6.99. The molecule has 8 heteroatoms. The third kappa shape index (κ3) is 5.31. The van der Waals surface area contributed by atoms with Crippen LogP contribution in [0, 0.1) is 0 Å². The van der Waals surface area contributed by atoms with Gasteiger partial charge in [0.2, 0.25) is 5.13 Å². The lowest BCUT2D eigenvalue weighted by Gasteiger charge is -2.16. The number of carbonyl (C=O) groups is 1. The first kappa shape index (κ1) is 20.7. The Bertz CT molecular complexity index is 988. The summed E-state index contributed by atoms with van der Waals surface area (Å²) in [6.45, 7) is 0. The molecule has 0 spiro atoms. The standard InChI is InChI=1S/C22H23N3O3S2/c1-27-19-13-16(11-12-18(19)28-17-9-5-6-10-17)20(26)23-21-24-25-22(30-21)29-14-15-7-3-2-4-8-15/h2-4,7-8,11-13,17H,5-6,9-10,14H2,1H3,(H,23,24,26). The Labute approximate surface area is 184 Å². The molecule has 4 rings (SSSR count). The minimum absolute atomic E-state index is 0.228. The molecule has 1 fully saturated rings. The van der Waals surface area contributed by atoms with E-state index < -0.39 is 0 Å². The van der Waals surface area contributed by atoms with Gasteiger partial charge in [0.25, 0.3) is 5.91 Å². The number of benzene rings is 2. The van der Waals surface area contributed by atoms with Crippen LogP contribution >= 0.6 is 23.1 Å². The lowest BCUT2D eigenvalue weighted by atomic mass is 10.2. The fourth-order valence-electron chi connectivity index (χ4n) is 3.30. The van der Waals surface area contributed by atoms with Crippen LogP contribution in [0.15, 0.2) is 52.9 Å². The van der Waals surface area contributed by atoms with E-state index in [1.807, 2.05) is 18.2 Å². The maximum Gasteiger partial charge on any atom is 0.257 e. The van der Waals surface area contributed by atoms with Crippen LogP contribution in [-0.4, -0.2) is 29.3 Å². The minimum Gasteiger partial charge on any atom is -0.493 e. The molecule has 0 radical (unpaired) electrons. The topological polar surface area (TPSA) is 73.3 Å². The van der Waals surface area contributed by atoms with Gasteiger partial charge < -0.3 is 9.47 Å². The quantitative estimate of drug-likeness (QED) is 0.372. The molecule has 3 aromatic rings. The highest BCUT2D eigenvalue weighted by Crippen LogP contribution is 2.33. The van der Waals surface area contributed by atoms with Crippen LogP contribution in [0.4, 0.5) is 5.13 Å². The van der Waals surface area contributed by atoms with Crippen LogP contribution in [0.3, 0.4) is 0 Å². The molecule has 0 saturated heterocycles. The summed E-state index contributed by atoms with van der Waals surface area (Å²) in [5, 5.41) is 11.5. The predicted octanol–water partition coefficient (Wildman–Crippen LogP) is 5.41. The summed E-state index contributed by atoms with van der Waals surface area (Å²) < 4.78 is 12.3. The minimum atomic E-state index is -0.253. The van der Waals surface area contributed by atoms with Crippen molar-refractivity contribution in [1.29, 1.82) is 0 Å². The molecular formula is C22H23N3O3S2. The molecule has 0 aliphatic heterocycles. The molecule has 2 aromatic carbocycles. The number of hydrogen-bond acceptors (Lipinski definition) is 7. The Kier molecular flexibility index (Phi) is 6.86. The fraction of sp³-hybridized carbons (Fsp3) is 0.318. The molecule has 156 valence electrons. The monoisotopic (exact) mass is 441 g/mol. The first-order chi connectivity index (χ1) is 14.7. The highest BCUT2D eigenvalue weighted by atomic mass is 32.2. The molecule has 0 bridgehead atoms. The number of hydrogen-bond donors (Lipinski definition) is 1. The van der Waals surface area contributed by atoms with E-state index in [4.69, 9.17) is 9.47 Å². The van der Waals surface area contributed by atoms with Gasteiger partial charge in [0, 0.05) is 11.3 Å². The molecule has 1 N–H and O–H groups in total. The molecule has 1 aromatic heterocycles. The zero-order chi connectivity index (χ0) is 20.8. The highest BCUT2D eigenvalue weighted by molar-refractivity contribution is 8.00. The number of nitrogens with one attached hydrogen (secondary N) is 1. The maximum atomic E-state index is 12.7. The smallest absolute Gasteiger partial charge is 0.257 e. The zero-order valence-corrected chi connectivity index (χ0v) is 18.3. The molecule has 1 aliphatic rings. The summed E-state index contributed by atoms with van der Waals surface area (Å²) >= 11 is 2.96. The number of thioether (sulfide) groups is 1. The Balaban J connectivity index is 1.37. The summed E-state index contributed by atoms with van der Waals surface area (Å²) in [7, 11) is 1.58. The third-order valence-corrected chi connectivity index (χ3v) is 6.90. The van der Waals surface area contributed by atoms with Crippen molar-refractivity contribution < 1.29 is 14.3 Å². The molecule has 1 heterocycles. The summed E-state index contributed by atoms with van der Waals surface area (Å²) in [6.07, 6.45) is 4.74. The van der Waals surface area contributed by atoms with Crippen LogP contribution in [0.2, 0.25) is 0 Å². The van der Waals surface area contributed by atoms with E-state index in [1.54, 1.807) is 37.1 Å². The van der Waals surface area contributed by atoms with Gasteiger partial charge in [-0.2, -0.15) is 0 Å². The van der Waals surface area contributed by atoms with Gasteiger partial charge in [-0.1, -0.05) is 53.4 Å². The second-order valence-corrected chi connectivity index (χ2v) is 9.19. The van der Waals surface area contributed by atoms with Gasteiger partial charge >= 0.3 is 0 Å². The Hall–Kier alpha value is -2.58. The number of carbonyl (C=O) groups excluding carboxylic acids is 1. The van der Waals surface area contributed by atoms with Crippen molar-refractivity contribution in [3.05, 3.63) is 59.7 Å². The van der Waals surface area contributed by atoms with E-state index >= 15 is 0 Å². The lowest BCUT2D eigenvalue weighted by Crippen LogP contribution is -2.14. The normalized spacial score (nSPS) is 13.9. The van der Waals surface area contributed by atoms with E-state index in [2.05, 4.69) is 27.6 Å². The van der Waals surface area contributed by atoms with Gasteiger partial charge in [-0.05, 0) is 49.4 Å². The average Bonchev–Trinajstić information content (AvgIpc) is 3.45. The average molecular weight is 442 g/mol. The van der Waals surface area contributed by atoms with E-state index in [-0.39, 0.29) is 12.0 Å². The van der Waals surface area contributed by atoms with Gasteiger partial charge in [-0.15, -0.1) is 10.2 Å². The number of anilines is 1.